The van der Waals surface area contributed by atoms with E-state index in [9.17, 15) is 35.4 Å². The Balaban J connectivity index is 2.59. The van der Waals surface area contributed by atoms with Gasteiger partial charge >= 0.3 is 0 Å². The first-order chi connectivity index (χ1) is 19.3. The third-order valence-corrected chi connectivity index (χ3v) is 6.79. The summed E-state index contributed by atoms with van der Waals surface area (Å²) in [6, 6.07) is -1.03. The Morgan fingerprint density at radius 2 is 1.55 bits per heavy atom. The first-order valence-electron chi connectivity index (χ1n) is 14.5. The third kappa shape index (κ3) is 14.3. The van der Waals surface area contributed by atoms with Crippen molar-refractivity contribution >= 4 is 5.91 Å². The topological polar surface area (TPSA) is 169 Å². The van der Waals surface area contributed by atoms with Crippen molar-refractivity contribution in [2.45, 2.75) is 127 Å². The van der Waals surface area contributed by atoms with Gasteiger partial charge in [0.25, 0.3) is 0 Å². The summed E-state index contributed by atoms with van der Waals surface area (Å²) in [6.45, 7) is 6.50. The van der Waals surface area contributed by atoms with Crippen molar-refractivity contribution in [1.29, 1.82) is 0 Å². The number of ether oxygens (including phenoxy) is 2. The van der Waals surface area contributed by atoms with Gasteiger partial charge in [0, 0.05) is 6.42 Å². The Kier molecular flexibility index (Phi) is 20.0. The molecule has 0 aromatic carbocycles. The van der Waals surface area contributed by atoms with Gasteiger partial charge in [-0.05, 0) is 45.4 Å². The van der Waals surface area contributed by atoms with Crippen molar-refractivity contribution in [2.24, 2.45) is 0 Å². The molecule has 0 bridgehead atoms. The van der Waals surface area contributed by atoms with E-state index in [1.165, 1.54) is 43.9 Å². The number of hydrogen-bond donors (Lipinski definition) is 7. The second kappa shape index (κ2) is 22.0. The standard InChI is InChI=1S/C30H51NO9/c1-3-5-7-8-9-10-11-12-13-14-15-16-17-19-23(33)22(31-29(38)24(34)18-6-4-2)21-39-30-28(37)27(36)26(35)25(20-32)40-30/h2,4,6,10-11,17,19,22-28,30,32-37H,3,5,7-9,12-16,18,20-21H2,1H3,(H,31,38)/b6-4-,11-10+,19-17+/t22-,23+,24+,25?,26-,27-,28?,30+/m0/s1. The number of aliphatic hydroxyl groups excluding tert-OH is 6. The molecule has 1 rings (SSSR count). The molecule has 1 fully saturated rings. The summed E-state index contributed by atoms with van der Waals surface area (Å²) in [4.78, 5) is 12.4. The number of amides is 1. The largest absolute Gasteiger partial charge is 0.394 e. The highest BCUT2D eigenvalue weighted by Gasteiger charge is 2.44. The molecule has 1 aliphatic heterocycles. The lowest BCUT2D eigenvalue weighted by molar-refractivity contribution is -0.302. The van der Waals surface area contributed by atoms with Crippen LogP contribution in [0.3, 0.4) is 0 Å². The van der Waals surface area contributed by atoms with Crippen molar-refractivity contribution in [2.75, 3.05) is 13.2 Å². The van der Waals surface area contributed by atoms with Gasteiger partial charge in [-0.2, -0.15) is 0 Å². The molecule has 2 radical (unpaired) electrons. The van der Waals surface area contributed by atoms with Crippen LogP contribution < -0.4 is 5.32 Å². The summed E-state index contributed by atoms with van der Waals surface area (Å²) < 4.78 is 10.9. The van der Waals surface area contributed by atoms with Gasteiger partial charge in [-0.1, -0.05) is 69.1 Å². The number of unbranched alkanes of at least 4 members (excludes halogenated alkanes) is 8. The molecule has 1 heterocycles. The van der Waals surface area contributed by atoms with Crippen molar-refractivity contribution in [3.05, 3.63) is 43.4 Å². The number of carbonyl (C=O) groups excluding carboxylic acids is 1. The molecule has 10 nitrogen and oxygen atoms in total. The van der Waals surface area contributed by atoms with Crippen LogP contribution in [0.5, 0.6) is 0 Å². The average molecular weight is 570 g/mol. The van der Waals surface area contributed by atoms with Crippen LogP contribution in [0.2, 0.25) is 0 Å². The summed E-state index contributed by atoms with van der Waals surface area (Å²) in [5, 5.41) is 62.8. The number of aliphatic hydroxyl groups is 6. The number of hydrogen-bond acceptors (Lipinski definition) is 9. The van der Waals surface area contributed by atoms with Crippen molar-refractivity contribution in [3.63, 3.8) is 0 Å². The van der Waals surface area contributed by atoms with Crippen LogP contribution >= 0.6 is 0 Å². The van der Waals surface area contributed by atoms with E-state index < -0.39 is 61.5 Å². The minimum atomic E-state index is -1.63. The molecule has 1 amide bonds. The van der Waals surface area contributed by atoms with E-state index in [2.05, 4.69) is 24.4 Å². The molecule has 2 unspecified atom stereocenters. The van der Waals surface area contributed by atoms with Gasteiger partial charge in [-0.25, -0.2) is 0 Å². The van der Waals surface area contributed by atoms with Gasteiger partial charge in [0.2, 0.25) is 5.91 Å². The molecule has 0 aromatic rings. The molecule has 1 saturated heterocycles. The molecule has 7 N–H and O–H groups in total. The summed E-state index contributed by atoms with van der Waals surface area (Å²) in [5.74, 6) is -0.758. The van der Waals surface area contributed by atoms with Gasteiger partial charge < -0.3 is 45.4 Å². The average Bonchev–Trinajstić information content (AvgIpc) is 2.95. The minimum Gasteiger partial charge on any atom is -0.394 e. The zero-order chi connectivity index (χ0) is 29.8. The summed E-state index contributed by atoms with van der Waals surface area (Å²) in [5.41, 5.74) is 0. The second-order valence-electron chi connectivity index (χ2n) is 10.2. The van der Waals surface area contributed by atoms with Crippen molar-refractivity contribution < 1.29 is 44.9 Å². The number of carbonyl (C=O) groups is 1. The van der Waals surface area contributed by atoms with Crippen LogP contribution in [0.15, 0.2) is 36.5 Å². The van der Waals surface area contributed by atoms with E-state index in [1.807, 2.05) is 6.08 Å². The monoisotopic (exact) mass is 569 g/mol. The molecule has 10 heteroatoms. The Hall–Kier alpha value is -1.63. The van der Waals surface area contributed by atoms with Crippen LogP contribution in [0, 0.1) is 6.92 Å². The first kappa shape index (κ1) is 36.4. The highest BCUT2D eigenvalue weighted by Crippen LogP contribution is 2.22. The van der Waals surface area contributed by atoms with Gasteiger partial charge in [0.15, 0.2) is 6.29 Å². The molecule has 230 valence electrons. The molecule has 8 atom stereocenters. The summed E-state index contributed by atoms with van der Waals surface area (Å²) in [6.07, 6.45) is 11.5. The molecule has 1 aliphatic rings. The maximum atomic E-state index is 12.4. The SMILES string of the molecule is [CH]/C=C\C[C@@H](O)C(=O)N[C@@H](CO[C@@H]1OC(CO)[C@H](O)[C@H](O)C1O)[C@H](O)/C=C/CCCCC/C=C/CCCCCC. The fraction of sp³-hybridized carbons (Fsp3) is 0.733. The molecular weight excluding hydrogens is 518 g/mol. The Morgan fingerprint density at radius 1 is 0.925 bits per heavy atom. The second-order valence-corrected chi connectivity index (χ2v) is 10.2. The van der Waals surface area contributed by atoms with Crippen LogP contribution in [0.1, 0.15) is 77.6 Å². The van der Waals surface area contributed by atoms with Gasteiger partial charge in [-0.15, -0.1) is 0 Å². The first-order valence-corrected chi connectivity index (χ1v) is 14.5. The Labute approximate surface area is 239 Å². The van der Waals surface area contributed by atoms with Crippen LogP contribution in [0.25, 0.3) is 0 Å². The highest BCUT2D eigenvalue weighted by atomic mass is 16.7. The zero-order valence-corrected chi connectivity index (χ0v) is 23.8. The minimum absolute atomic E-state index is 0.0252. The van der Waals surface area contributed by atoms with Crippen LogP contribution in [-0.4, -0.2) is 98.7 Å². The quantitative estimate of drug-likeness (QED) is 0.0803. The number of nitrogens with one attached hydrogen (secondary N) is 1. The molecule has 0 aromatic heterocycles. The molecule has 0 spiro atoms. The van der Waals surface area contributed by atoms with Crippen LogP contribution in [-0.2, 0) is 14.3 Å². The van der Waals surface area contributed by atoms with Gasteiger partial charge in [-0.3, -0.25) is 4.79 Å². The van der Waals surface area contributed by atoms with Crippen molar-refractivity contribution in [3.8, 4) is 0 Å². The Bertz CT molecular complexity index is 743. The lowest BCUT2D eigenvalue weighted by atomic mass is 9.99. The number of allylic oxidation sites excluding steroid dienone is 4. The van der Waals surface area contributed by atoms with Crippen molar-refractivity contribution in [1.82, 2.24) is 5.32 Å². The number of rotatable bonds is 21. The highest BCUT2D eigenvalue weighted by molar-refractivity contribution is 5.81. The molecule has 40 heavy (non-hydrogen) atoms. The fourth-order valence-electron chi connectivity index (χ4n) is 4.22. The lowest BCUT2D eigenvalue weighted by Crippen LogP contribution is -2.60. The third-order valence-electron chi connectivity index (χ3n) is 6.79. The fourth-order valence-corrected chi connectivity index (χ4v) is 4.22. The van der Waals surface area contributed by atoms with E-state index in [1.54, 1.807) is 0 Å². The smallest absolute Gasteiger partial charge is 0.249 e. The Morgan fingerprint density at radius 3 is 2.15 bits per heavy atom. The molecular formula is C30H51NO9. The van der Waals surface area contributed by atoms with E-state index in [0.717, 1.165) is 38.5 Å². The lowest BCUT2D eigenvalue weighted by Gasteiger charge is -2.40. The molecule has 0 aliphatic carbocycles. The van der Waals surface area contributed by atoms with Gasteiger partial charge in [0.05, 0.1) is 25.4 Å². The van der Waals surface area contributed by atoms with E-state index in [-0.39, 0.29) is 13.0 Å². The van der Waals surface area contributed by atoms with E-state index in [0.29, 0.717) is 0 Å². The van der Waals surface area contributed by atoms with E-state index >= 15 is 0 Å². The summed E-state index contributed by atoms with van der Waals surface area (Å²) in [7, 11) is 0. The maximum absolute atomic E-state index is 12.4. The predicted molar refractivity (Wildman–Crippen MR) is 152 cm³/mol. The zero-order valence-electron chi connectivity index (χ0n) is 23.8. The van der Waals surface area contributed by atoms with Gasteiger partial charge in [0.1, 0.15) is 30.5 Å². The summed E-state index contributed by atoms with van der Waals surface area (Å²) >= 11 is 0. The van der Waals surface area contributed by atoms with Crippen LogP contribution in [0.4, 0.5) is 0 Å². The maximum Gasteiger partial charge on any atom is 0.249 e. The normalized spacial score (nSPS) is 26.1. The molecule has 0 saturated carbocycles. The predicted octanol–water partition coefficient (Wildman–Crippen LogP) is 1.70. The van der Waals surface area contributed by atoms with E-state index in [4.69, 9.17) is 16.4 Å².